The molecule has 2 atom stereocenters. The molecule has 2 rings (SSSR count). The molecule has 0 aliphatic heterocycles. The van der Waals surface area contributed by atoms with Crippen LogP contribution in [0.4, 0.5) is 0 Å². The Hall–Kier alpha value is -0.820. The van der Waals surface area contributed by atoms with Crippen LogP contribution in [0.2, 0.25) is 0 Å². The molecule has 14 heavy (non-hydrogen) atoms. The van der Waals surface area contributed by atoms with Gasteiger partial charge < -0.3 is 5.73 Å². The minimum Gasteiger partial charge on any atom is -0.324 e. The van der Waals surface area contributed by atoms with E-state index in [0.717, 1.165) is 12.8 Å². The molecule has 0 spiro atoms. The Morgan fingerprint density at radius 3 is 2.79 bits per heavy atom. The highest BCUT2D eigenvalue weighted by Gasteiger charge is 2.21. The van der Waals surface area contributed by atoms with Gasteiger partial charge in [0.15, 0.2) is 0 Å². The van der Waals surface area contributed by atoms with Crippen LogP contribution in [-0.2, 0) is 6.42 Å². The third-order valence-electron chi connectivity index (χ3n) is 3.40. The minimum atomic E-state index is 0.271. The van der Waals surface area contributed by atoms with Crippen LogP contribution in [-0.4, -0.2) is 0 Å². The Labute approximate surface area is 86.3 Å². The maximum atomic E-state index is 6.13. The quantitative estimate of drug-likeness (QED) is 0.721. The van der Waals surface area contributed by atoms with Crippen molar-refractivity contribution < 1.29 is 0 Å². The van der Waals surface area contributed by atoms with Gasteiger partial charge in [-0.1, -0.05) is 32.0 Å². The average Bonchev–Trinajstić information content (AvgIpc) is 2.23. The summed E-state index contributed by atoms with van der Waals surface area (Å²) in [7, 11) is 0. The Morgan fingerprint density at radius 1 is 1.29 bits per heavy atom. The molecule has 0 saturated heterocycles. The summed E-state index contributed by atoms with van der Waals surface area (Å²) in [5.41, 5.74) is 10.4. The van der Waals surface area contributed by atoms with E-state index >= 15 is 0 Å². The van der Waals surface area contributed by atoms with Gasteiger partial charge >= 0.3 is 0 Å². The van der Waals surface area contributed by atoms with Crippen molar-refractivity contribution in [2.75, 3.05) is 0 Å². The molecule has 1 aromatic rings. The summed E-state index contributed by atoms with van der Waals surface area (Å²) >= 11 is 0. The number of nitrogens with two attached hydrogens (primary N) is 1. The Bertz CT molecular complexity index is 330. The Balaban J connectivity index is 2.45. The zero-order valence-corrected chi connectivity index (χ0v) is 9.09. The van der Waals surface area contributed by atoms with Gasteiger partial charge in [-0.25, -0.2) is 0 Å². The molecule has 0 heterocycles. The molecule has 1 unspecified atom stereocenters. The summed E-state index contributed by atoms with van der Waals surface area (Å²) in [6, 6.07) is 7.09. The number of benzene rings is 1. The van der Waals surface area contributed by atoms with E-state index in [4.69, 9.17) is 5.73 Å². The van der Waals surface area contributed by atoms with Gasteiger partial charge in [-0.15, -0.1) is 0 Å². The molecule has 1 aliphatic carbocycles. The van der Waals surface area contributed by atoms with Gasteiger partial charge in [0.25, 0.3) is 0 Å². The van der Waals surface area contributed by atoms with Gasteiger partial charge in [0.2, 0.25) is 0 Å². The zero-order chi connectivity index (χ0) is 10.1. The smallest absolute Gasteiger partial charge is 0.0297 e. The zero-order valence-electron chi connectivity index (χ0n) is 9.09. The number of rotatable bonds is 1. The molecule has 0 bridgehead atoms. The lowest BCUT2D eigenvalue weighted by molar-refractivity contribution is 0.513. The van der Waals surface area contributed by atoms with Gasteiger partial charge in [0, 0.05) is 6.04 Å². The molecule has 2 N–H and O–H groups in total. The molecule has 1 nitrogen and oxygen atoms in total. The van der Waals surface area contributed by atoms with Crippen LogP contribution in [0.5, 0.6) is 0 Å². The van der Waals surface area contributed by atoms with E-state index in [1.165, 1.54) is 23.1 Å². The number of hydrogen-bond donors (Lipinski definition) is 1. The van der Waals surface area contributed by atoms with Gasteiger partial charge in [0.05, 0.1) is 0 Å². The van der Waals surface area contributed by atoms with Gasteiger partial charge in [-0.3, -0.25) is 0 Å². The van der Waals surface area contributed by atoms with Crippen molar-refractivity contribution in [3.8, 4) is 0 Å². The van der Waals surface area contributed by atoms with E-state index in [0.29, 0.717) is 5.92 Å². The largest absolute Gasteiger partial charge is 0.324 e. The first-order valence-corrected chi connectivity index (χ1v) is 5.60. The number of fused-ring (bicyclic) bond motifs is 1. The number of aryl methyl sites for hydroxylation is 1. The summed E-state index contributed by atoms with van der Waals surface area (Å²) in [6.07, 6.45) is 3.48. The standard InChI is InChI=1S/C13H19N/c1-3-10-5-6-11-9(2)4-7-13(14)12(11)8-10/h5-6,8-9,13H,3-4,7,14H2,1-2H3/t9?,13-/m0/s1. The molecular formula is C13H19N. The van der Waals surface area contributed by atoms with Crippen LogP contribution >= 0.6 is 0 Å². The third-order valence-corrected chi connectivity index (χ3v) is 3.40. The lowest BCUT2D eigenvalue weighted by Crippen LogP contribution is -2.19. The lowest BCUT2D eigenvalue weighted by atomic mass is 9.80. The monoisotopic (exact) mass is 189 g/mol. The molecule has 1 aromatic carbocycles. The molecule has 0 aromatic heterocycles. The molecule has 76 valence electrons. The van der Waals surface area contributed by atoms with Crippen molar-refractivity contribution in [1.29, 1.82) is 0 Å². The maximum absolute atomic E-state index is 6.13. The summed E-state index contributed by atoms with van der Waals surface area (Å²) in [5.74, 6) is 0.690. The van der Waals surface area contributed by atoms with E-state index in [1.807, 2.05) is 0 Å². The fraction of sp³-hybridized carbons (Fsp3) is 0.538. The van der Waals surface area contributed by atoms with Crippen molar-refractivity contribution in [3.05, 3.63) is 34.9 Å². The summed E-state index contributed by atoms with van der Waals surface area (Å²) in [4.78, 5) is 0. The second-order valence-corrected chi connectivity index (χ2v) is 4.40. The molecule has 0 saturated carbocycles. The highest BCUT2D eigenvalue weighted by molar-refractivity contribution is 5.38. The van der Waals surface area contributed by atoms with Crippen LogP contribution in [0, 0.1) is 0 Å². The highest BCUT2D eigenvalue weighted by Crippen LogP contribution is 2.36. The third kappa shape index (κ3) is 1.57. The molecular weight excluding hydrogens is 170 g/mol. The predicted octanol–water partition coefficient (Wildman–Crippen LogP) is 3.15. The van der Waals surface area contributed by atoms with E-state index in [-0.39, 0.29) is 6.04 Å². The van der Waals surface area contributed by atoms with Gasteiger partial charge in [-0.05, 0) is 41.9 Å². The van der Waals surface area contributed by atoms with Crippen molar-refractivity contribution in [1.82, 2.24) is 0 Å². The first kappa shape index (κ1) is 9.72. The fourth-order valence-electron chi connectivity index (χ4n) is 2.35. The van der Waals surface area contributed by atoms with Crippen molar-refractivity contribution in [3.63, 3.8) is 0 Å². The topological polar surface area (TPSA) is 26.0 Å². The summed E-state index contributed by atoms with van der Waals surface area (Å²) in [6.45, 7) is 4.50. The van der Waals surface area contributed by atoms with E-state index in [9.17, 15) is 0 Å². The fourth-order valence-corrected chi connectivity index (χ4v) is 2.35. The Morgan fingerprint density at radius 2 is 2.07 bits per heavy atom. The molecule has 0 radical (unpaired) electrons. The highest BCUT2D eigenvalue weighted by atomic mass is 14.6. The van der Waals surface area contributed by atoms with E-state index < -0.39 is 0 Å². The lowest BCUT2D eigenvalue weighted by Gasteiger charge is -2.27. The van der Waals surface area contributed by atoms with Crippen LogP contribution in [0.15, 0.2) is 18.2 Å². The SMILES string of the molecule is CCc1ccc2c(c1)[C@@H](N)CCC2C. The Kier molecular flexibility index (Phi) is 2.60. The number of hydrogen-bond acceptors (Lipinski definition) is 1. The van der Waals surface area contributed by atoms with Crippen molar-refractivity contribution >= 4 is 0 Å². The molecule has 0 amide bonds. The second kappa shape index (κ2) is 3.74. The first-order chi connectivity index (χ1) is 6.72. The molecule has 0 fully saturated rings. The van der Waals surface area contributed by atoms with E-state index in [1.54, 1.807) is 0 Å². The second-order valence-electron chi connectivity index (χ2n) is 4.40. The first-order valence-electron chi connectivity index (χ1n) is 5.60. The van der Waals surface area contributed by atoms with Crippen LogP contribution in [0.3, 0.4) is 0 Å². The summed E-state index contributed by atoms with van der Waals surface area (Å²) < 4.78 is 0. The minimum absolute atomic E-state index is 0.271. The normalized spacial score (nSPS) is 25.9. The van der Waals surface area contributed by atoms with Gasteiger partial charge in [0.1, 0.15) is 0 Å². The molecule has 1 heteroatoms. The van der Waals surface area contributed by atoms with Crippen LogP contribution < -0.4 is 5.73 Å². The summed E-state index contributed by atoms with van der Waals surface area (Å²) in [5, 5.41) is 0. The van der Waals surface area contributed by atoms with E-state index in [2.05, 4.69) is 32.0 Å². The van der Waals surface area contributed by atoms with Crippen molar-refractivity contribution in [2.24, 2.45) is 5.73 Å². The molecule has 1 aliphatic rings. The predicted molar refractivity (Wildman–Crippen MR) is 60.4 cm³/mol. The average molecular weight is 189 g/mol. The van der Waals surface area contributed by atoms with Crippen molar-refractivity contribution in [2.45, 2.75) is 45.1 Å². The van der Waals surface area contributed by atoms with Gasteiger partial charge in [-0.2, -0.15) is 0 Å². The van der Waals surface area contributed by atoms with Crippen LogP contribution in [0.25, 0.3) is 0 Å². The maximum Gasteiger partial charge on any atom is 0.0297 e. The van der Waals surface area contributed by atoms with Crippen LogP contribution in [0.1, 0.15) is 55.3 Å².